The maximum atomic E-state index is 13.3. The van der Waals surface area contributed by atoms with Crippen molar-refractivity contribution in [2.24, 2.45) is 0 Å². The van der Waals surface area contributed by atoms with Gasteiger partial charge in [-0.3, -0.25) is 4.79 Å². The van der Waals surface area contributed by atoms with E-state index in [1.807, 2.05) is 0 Å². The lowest BCUT2D eigenvalue weighted by Crippen LogP contribution is -2.16. The maximum absolute atomic E-state index is 13.3. The van der Waals surface area contributed by atoms with Gasteiger partial charge in [0.15, 0.2) is 5.57 Å². The summed E-state index contributed by atoms with van der Waals surface area (Å²) in [6.45, 7) is 3.61. The zero-order valence-electron chi connectivity index (χ0n) is 10.2. The highest BCUT2D eigenvalue weighted by molar-refractivity contribution is 6.06. The van der Waals surface area contributed by atoms with Crippen LogP contribution in [0.4, 0.5) is 10.1 Å². The average Bonchev–Trinajstić information content (AvgIpc) is 2.33. The zero-order valence-corrected chi connectivity index (χ0v) is 10.2. The number of ether oxygens (including phenoxy) is 1. The van der Waals surface area contributed by atoms with E-state index in [9.17, 15) is 9.18 Å². The van der Waals surface area contributed by atoms with E-state index in [-0.39, 0.29) is 17.0 Å². The first kappa shape index (κ1) is 13.7. The van der Waals surface area contributed by atoms with Gasteiger partial charge in [0.25, 0.3) is 5.91 Å². The molecule has 4 nitrogen and oxygen atoms in total. The molecule has 0 aliphatic heterocycles. The van der Waals surface area contributed by atoms with Crippen molar-refractivity contribution in [3.63, 3.8) is 0 Å². The molecule has 0 saturated heterocycles. The van der Waals surface area contributed by atoms with Gasteiger partial charge in [-0.15, -0.1) is 0 Å². The molecular weight excluding hydrogens is 235 g/mol. The lowest BCUT2D eigenvalue weighted by molar-refractivity contribution is -0.112. The topological polar surface area (TPSA) is 62.1 Å². The van der Waals surface area contributed by atoms with Gasteiger partial charge in [-0.2, -0.15) is 5.26 Å². The van der Waals surface area contributed by atoms with Crippen molar-refractivity contribution >= 4 is 11.6 Å². The quantitative estimate of drug-likeness (QED) is 0.506. The number of hydrogen-bond donors (Lipinski definition) is 1. The largest absolute Gasteiger partial charge is 0.497 e. The van der Waals surface area contributed by atoms with E-state index >= 15 is 0 Å². The minimum absolute atomic E-state index is 0.0274. The highest BCUT2D eigenvalue weighted by Crippen LogP contribution is 2.14. The van der Waals surface area contributed by atoms with Crippen molar-refractivity contribution in [1.82, 2.24) is 0 Å². The van der Waals surface area contributed by atoms with Crippen LogP contribution in [0.3, 0.4) is 0 Å². The van der Waals surface area contributed by atoms with Gasteiger partial charge in [0.2, 0.25) is 0 Å². The SMILES string of the molecule is CCO/C(C)=C(\C#N)C(=O)Nc1ccccc1F. The highest BCUT2D eigenvalue weighted by Gasteiger charge is 2.15. The summed E-state index contributed by atoms with van der Waals surface area (Å²) in [4.78, 5) is 11.8. The fourth-order valence-corrected chi connectivity index (χ4v) is 1.33. The van der Waals surface area contributed by atoms with Crippen molar-refractivity contribution in [2.75, 3.05) is 11.9 Å². The van der Waals surface area contributed by atoms with E-state index in [2.05, 4.69) is 5.32 Å². The summed E-state index contributed by atoms with van der Waals surface area (Å²) in [5, 5.41) is 11.2. The van der Waals surface area contributed by atoms with E-state index < -0.39 is 11.7 Å². The van der Waals surface area contributed by atoms with Gasteiger partial charge < -0.3 is 10.1 Å². The van der Waals surface area contributed by atoms with Crippen LogP contribution in [0.1, 0.15) is 13.8 Å². The summed E-state index contributed by atoms with van der Waals surface area (Å²) in [5.74, 6) is -1.03. The molecule has 0 aromatic heterocycles. The maximum Gasteiger partial charge on any atom is 0.269 e. The van der Waals surface area contributed by atoms with Gasteiger partial charge in [-0.25, -0.2) is 4.39 Å². The number of benzene rings is 1. The van der Waals surface area contributed by atoms with Crippen LogP contribution in [-0.4, -0.2) is 12.5 Å². The number of rotatable bonds is 4. The molecule has 0 saturated carbocycles. The number of carbonyl (C=O) groups excluding carboxylic acids is 1. The first-order chi connectivity index (χ1) is 8.60. The predicted molar refractivity (Wildman–Crippen MR) is 65.0 cm³/mol. The van der Waals surface area contributed by atoms with Crippen molar-refractivity contribution in [3.8, 4) is 6.07 Å². The number of hydrogen-bond acceptors (Lipinski definition) is 3. The summed E-state index contributed by atoms with van der Waals surface area (Å²) in [6.07, 6.45) is 0. The van der Waals surface area contributed by atoms with Crippen molar-refractivity contribution in [3.05, 3.63) is 41.4 Å². The normalized spacial score (nSPS) is 11.2. The molecule has 94 valence electrons. The van der Waals surface area contributed by atoms with E-state index in [4.69, 9.17) is 10.00 Å². The third-order valence-electron chi connectivity index (χ3n) is 2.17. The van der Waals surface area contributed by atoms with Crippen LogP contribution in [0.5, 0.6) is 0 Å². The number of amides is 1. The third kappa shape index (κ3) is 3.32. The number of nitriles is 1. The fraction of sp³-hybridized carbons (Fsp3) is 0.231. The van der Waals surface area contributed by atoms with Crippen LogP contribution in [0.15, 0.2) is 35.6 Å². The molecule has 0 spiro atoms. The molecule has 0 radical (unpaired) electrons. The van der Waals surface area contributed by atoms with Crippen LogP contribution in [0.25, 0.3) is 0 Å². The number of nitrogens with one attached hydrogen (secondary N) is 1. The monoisotopic (exact) mass is 248 g/mol. The Balaban J connectivity index is 2.92. The summed E-state index contributed by atoms with van der Waals surface area (Å²) in [5.41, 5.74) is -0.139. The van der Waals surface area contributed by atoms with Crippen LogP contribution >= 0.6 is 0 Å². The molecule has 0 heterocycles. The minimum atomic E-state index is -0.687. The van der Waals surface area contributed by atoms with Crippen LogP contribution in [-0.2, 0) is 9.53 Å². The van der Waals surface area contributed by atoms with Gasteiger partial charge in [-0.05, 0) is 26.0 Å². The Kier molecular flexibility index (Phi) is 4.88. The predicted octanol–water partition coefficient (Wildman–Crippen LogP) is 2.60. The zero-order chi connectivity index (χ0) is 13.5. The van der Waals surface area contributed by atoms with Gasteiger partial charge >= 0.3 is 0 Å². The molecule has 0 aliphatic carbocycles. The fourth-order valence-electron chi connectivity index (χ4n) is 1.33. The first-order valence-corrected chi connectivity index (χ1v) is 5.39. The molecule has 0 bridgehead atoms. The van der Waals surface area contributed by atoms with E-state index in [0.29, 0.717) is 6.61 Å². The van der Waals surface area contributed by atoms with Crippen molar-refractivity contribution in [1.29, 1.82) is 5.26 Å². The van der Waals surface area contributed by atoms with Gasteiger partial charge in [-0.1, -0.05) is 12.1 Å². The number of anilines is 1. The van der Waals surface area contributed by atoms with Crippen molar-refractivity contribution < 1.29 is 13.9 Å². The summed E-state index contributed by atoms with van der Waals surface area (Å²) >= 11 is 0. The lowest BCUT2D eigenvalue weighted by Gasteiger charge is -2.08. The molecule has 0 fully saturated rings. The van der Waals surface area contributed by atoms with Crippen molar-refractivity contribution in [2.45, 2.75) is 13.8 Å². The number of para-hydroxylation sites is 1. The minimum Gasteiger partial charge on any atom is -0.497 e. The molecule has 0 unspecified atom stereocenters. The molecule has 1 amide bonds. The molecule has 5 heteroatoms. The second kappa shape index (κ2) is 6.40. The second-order valence-corrected chi connectivity index (χ2v) is 3.41. The molecule has 1 rings (SSSR count). The molecule has 0 atom stereocenters. The van der Waals surface area contributed by atoms with Gasteiger partial charge in [0.05, 0.1) is 12.3 Å². The molecule has 1 aromatic carbocycles. The Morgan fingerprint density at radius 2 is 2.17 bits per heavy atom. The van der Waals surface area contributed by atoms with E-state index in [1.54, 1.807) is 19.1 Å². The van der Waals surface area contributed by atoms with Gasteiger partial charge in [0.1, 0.15) is 17.6 Å². The molecule has 0 aliphatic rings. The molecule has 1 N–H and O–H groups in total. The highest BCUT2D eigenvalue weighted by atomic mass is 19.1. The summed E-state index contributed by atoms with van der Waals surface area (Å²) in [7, 11) is 0. The van der Waals surface area contributed by atoms with Crippen LogP contribution < -0.4 is 5.32 Å². The number of halogens is 1. The van der Waals surface area contributed by atoms with E-state index in [0.717, 1.165) is 0 Å². The number of allylic oxidation sites excluding steroid dienone is 1. The Labute approximate surface area is 105 Å². The average molecular weight is 248 g/mol. The number of nitrogens with zero attached hydrogens (tertiary/aromatic N) is 1. The number of carbonyl (C=O) groups is 1. The molecule has 18 heavy (non-hydrogen) atoms. The van der Waals surface area contributed by atoms with Crippen LogP contribution in [0, 0.1) is 17.1 Å². The molecular formula is C13H13FN2O2. The molecule has 1 aromatic rings. The Morgan fingerprint density at radius 3 is 2.72 bits per heavy atom. The standard InChI is InChI=1S/C13H13FN2O2/c1-3-18-9(2)10(8-15)13(17)16-12-7-5-4-6-11(12)14/h4-7H,3H2,1-2H3,(H,16,17)/b10-9+. The first-order valence-electron chi connectivity index (χ1n) is 5.39. The summed E-state index contributed by atoms with van der Waals surface area (Å²) < 4.78 is 18.4. The van der Waals surface area contributed by atoms with Gasteiger partial charge in [0, 0.05) is 0 Å². The Bertz CT molecular complexity index is 518. The lowest BCUT2D eigenvalue weighted by atomic mass is 10.2. The van der Waals surface area contributed by atoms with Crippen LogP contribution in [0.2, 0.25) is 0 Å². The smallest absolute Gasteiger partial charge is 0.269 e. The Hall–Kier alpha value is -2.35. The third-order valence-corrected chi connectivity index (χ3v) is 2.17. The second-order valence-electron chi connectivity index (χ2n) is 3.41. The summed E-state index contributed by atoms with van der Waals surface area (Å²) in [6, 6.07) is 7.48. The van der Waals surface area contributed by atoms with E-state index in [1.165, 1.54) is 25.1 Å². The Morgan fingerprint density at radius 1 is 1.50 bits per heavy atom.